The van der Waals surface area contributed by atoms with Crippen molar-refractivity contribution in [2.75, 3.05) is 92.4 Å². The van der Waals surface area contributed by atoms with Crippen molar-refractivity contribution in [2.24, 2.45) is 0 Å². The number of hydrogen-bond acceptors (Lipinski definition) is 14. The number of rotatable bonds is 15. The summed E-state index contributed by atoms with van der Waals surface area (Å²) in [7, 11) is 1.60. The summed E-state index contributed by atoms with van der Waals surface area (Å²) in [5.74, 6) is 3.87. The van der Waals surface area contributed by atoms with Crippen LogP contribution in [-0.2, 0) is 33.7 Å². The summed E-state index contributed by atoms with van der Waals surface area (Å²) in [6.07, 6.45) is 6.69. The molecule has 2 N–H and O–H groups in total. The molecule has 3 atom stereocenters. The molecule has 5 amide bonds. The zero-order valence-electron chi connectivity index (χ0n) is 65.2. The molecule has 19 nitrogen and oxygen atoms in total. The summed E-state index contributed by atoms with van der Waals surface area (Å²) in [5.41, 5.74) is 8.99. The number of hydrogen-bond donors (Lipinski definition) is 2. The molecule has 6 heterocycles. The van der Waals surface area contributed by atoms with Crippen LogP contribution < -0.4 is 24.3 Å². The summed E-state index contributed by atoms with van der Waals surface area (Å²) in [5, 5.41) is 13.7. The minimum atomic E-state index is -0.533. The summed E-state index contributed by atoms with van der Waals surface area (Å²) >= 11 is 0. The first kappa shape index (κ1) is 81.9. The minimum Gasteiger partial charge on any atom is -0.545 e. The first-order valence-corrected chi connectivity index (χ1v) is 38.1. The van der Waals surface area contributed by atoms with Gasteiger partial charge in [-0.05, 0) is 218 Å². The van der Waals surface area contributed by atoms with Crippen molar-refractivity contribution in [1.29, 1.82) is 0 Å². The molecule has 0 bridgehead atoms. The van der Waals surface area contributed by atoms with E-state index in [4.69, 9.17) is 33.2 Å². The zero-order chi connectivity index (χ0) is 75.6. The Labute approximate surface area is 642 Å². The Bertz CT molecular complexity index is 3970. The van der Waals surface area contributed by atoms with Crippen molar-refractivity contribution in [3.8, 4) is 28.7 Å². The number of amides is 5. The molecular weight excluding hydrogens is 1430 g/mol. The standard InChI is InChI=1S/C31H42N2O6.C29H38N2O5.C26H33N2O2.Ru/c1-7-32(8-2)28(34)23-14-12-22(13-15-23)24-20-31(16-18-33(19-17-31)29(35)39-30(3,4)5)38-26-11-9-10-25(27(24)26)37-21-36-6;1-6-30(7-2)26(33)21-10-8-20(9-11-21)24-19-29(35-25-13-12-22(32)18-23(24)25)14-16-31(17-15-29)27(34)36-28(3,4)5;1-5-28(6-2)25(29)21-9-7-20(8-10-21)23-17-26(11-13-27-14-12-26)30-24-16-19(4)18(3)15-22(23)24;/h9-15,24H,7-8,16-21H2,1-6H3;8-13,18,24,32H,6-7,14-17,19H2,1-5H3;7-10,16,23,27H,5-6,11-14,17H2,1-4H3;/q;;-1;+1. The Morgan fingerprint density at radius 1 is 0.528 bits per heavy atom. The molecule has 573 valence electrons. The van der Waals surface area contributed by atoms with Gasteiger partial charge in [-0.1, -0.05) is 56.3 Å². The largest absolute Gasteiger partial charge is 1.00 e. The molecule has 20 heteroatoms. The number of piperidine rings is 3. The molecule has 6 aliphatic rings. The van der Waals surface area contributed by atoms with Crippen LogP contribution in [0.5, 0.6) is 28.7 Å². The molecule has 3 spiro atoms. The fraction of sp³-hybridized carbons (Fsp3) is 0.523. The van der Waals surface area contributed by atoms with E-state index in [2.05, 4.69) is 43.4 Å². The molecule has 0 aromatic heterocycles. The molecule has 6 aliphatic heterocycles. The van der Waals surface area contributed by atoms with E-state index < -0.39 is 22.4 Å². The Balaban J connectivity index is 0.000000184. The Hall–Kier alpha value is -8.19. The van der Waals surface area contributed by atoms with Crippen molar-refractivity contribution in [3.05, 3.63) is 183 Å². The van der Waals surface area contributed by atoms with Crippen LogP contribution in [0.3, 0.4) is 0 Å². The maximum Gasteiger partial charge on any atom is 1.00 e. The molecule has 6 aromatic rings. The van der Waals surface area contributed by atoms with Crippen LogP contribution in [-0.4, -0.2) is 180 Å². The van der Waals surface area contributed by atoms with Gasteiger partial charge in [-0.2, -0.15) is 17.2 Å². The van der Waals surface area contributed by atoms with E-state index in [0.29, 0.717) is 89.2 Å². The van der Waals surface area contributed by atoms with Gasteiger partial charge in [0.05, 0.1) is 5.60 Å². The number of methoxy groups -OCH3 is 1. The van der Waals surface area contributed by atoms with Gasteiger partial charge in [-0.15, -0.1) is 11.6 Å². The average Bonchev–Trinajstić information content (AvgIpc) is 0.762. The average molecular weight is 1540 g/mol. The van der Waals surface area contributed by atoms with Crippen LogP contribution in [0.15, 0.2) is 115 Å². The third-order valence-electron chi connectivity index (χ3n) is 21.7. The molecule has 3 saturated heterocycles. The van der Waals surface area contributed by atoms with E-state index in [-0.39, 0.29) is 85.3 Å². The minimum absolute atomic E-state index is 0. The molecule has 3 fully saturated rings. The number of likely N-dealkylation sites (tertiary alicyclic amines) is 2. The van der Waals surface area contributed by atoms with Crippen LogP contribution in [0.4, 0.5) is 9.59 Å². The van der Waals surface area contributed by atoms with Gasteiger partial charge < -0.3 is 68.1 Å². The van der Waals surface area contributed by atoms with Gasteiger partial charge in [0.15, 0.2) is 6.79 Å². The van der Waals surface area contributed by atoms with Gasteiger partial charge in [0, 0.05) is 144 Å². The van der Waals surface area contributed by atoms with E-state index in [0.717, 1.165) is 115 Å². The number of benzene rings is 6. The first-order chi connectivity index (χ1) is 50.1. The summed E-state index contributed by atoms with van der Waals surface area (Å²) in [4.78, 5) is 72.7. The molecular formula is C86H113N6O13Ru. The number of aromatic hydroxyl groups is 1. The number of carbonyl (C=O) groups excluding carboxylic acids is 5. The maximum absolute atomic E-state index is 12.9. The van der Waals surface area contributed by atoms with Crippen LogP contribution >= 0.6 is 0 Å². The Morgan fingerprint density at radius 3 is 1.38 bits per heavy atom. The van der Waals surface area contributed by atoms with Gasteiger partial charge in [0.2, 0.25) is 0 Å². The topological polar surface area (TPSA) is 198 Å². The van der Waals surface area contributed by atoms with Crippen molar-refractivity contribution in [2.45, 2.75) is 200 Å². The number of phenols is 1. The molecule has 106 heavy (non-hydrogen) atoms. The van der Waals surface area contributed by atoms with Gasteiger partial charge in [-0.25, -0.2) is 9.59 Å². The molecule has 6 aromatic carbocycles. The number of carbonyl (C=O) groups is 5. The van der Waals surface area contributed by atoms with Crippen molar-refractivity contribution in [1.82, 2.24) is 29.8 Å². The van der Waals surface area contributed by atoms with Crippen molar-refractivity contribution >= 4 is 29.9 Å². The quantitative estimate of drug-likeness (QED) is 0.0559. The van der Waals surface area contributed by atoms with Gasteiger partial charge in [0.1, 0.15) is 45.4 Å². The number of nitrogens with one attached hydrogen (secondary N) is 1. The SMILES string of the molecule is CCN(CC)C(=O)c1ccc(C2CC3(CCN(C(=O)OC(C)(C)C)CC3)Oc3ccc(O)cc32)cc1.CCN(CC)C(=O)c1ccc(C2CC3(CCN(C(=O)OC(C)(C)C)CC3)Oc3cccc(OCOC)c32)cc1.CCN(CC)C(=O)c1ccc(C2CC3(CCNCC3)Oc3cc(C)c(C)[c-]c32)cc1.[Ru+]. The number of nitrogens with zero attached hydrogens (tertiary/aromatic N) is 5. The van der Waals surface area contributed by atoms with Gasteiger partial charge >= 0.3 is 31.7 Å². The van der Waals surface area contributed by atoms with Crippen LogP contribution in [0, 0.1) is 19.9 Å². The van der Waals surface area contributed by atoms with Crippen molar-refractivity contribution < 1.29 is 81.7 Å². The van der Waals surface area contributed by atoms with E-state index >= 15 is 0 Å². The Kier molecular flexibility index (Phi) is 27.2. The fourth-order valence-corrected chi connectivity index (χ4v) is 15.6. The molecule has 0 saturated carbocycles. The van der Waals surface area contributed by atoms with E-state index in [1.54, 1.807) is 29.0 Å². The smallest absolute Gasteiger partial charge is 0.545 e. The maximum atomic E-state index is 12.9. The van der Waals surface area contributed by atoms with Crippen LogP contribution in [0.25, 0.3) is 0 Å². The predicted octanol–water partition coefficient (Wildman–Crippen LogP) is 16.0. The number of aryl methyl sites for hydroxylation is 2. The number of fused-ring (bicyclic) bond motifs is 3. The summed E-state index contributed by atoms with van der Waals surface area (Å²) in [6, 6.07) is 40.9. The summed E-state index contributed by atoms with van der Waals surface area (Å²) < 4.78 is 42.3. The third-order valence-corrected chi connectivity index (χ3v) is 21.7. The molecule has 3 unspecified atom stereocenters. The van der Waals surface area contributed by atoms with Gasteiger partial charge in [-0.3, -0.25) is 14.4 Å². The molecule has 0 aliphatic carbocycles. The fourth-order valence-electron chi connectivity index (χ4n) is 15.6. The molecule has 1 radical (unpaired) electrons. The first-order valence-electron chi connectivity index (χ1n) is 38.1. The second kappa shape index (κ2) is 35.2. The number of phenolic OH excluding ortho intramolecular Hbond substituents is 1. The monoisotopic (exact) mass is 1540 g/mol. The number of ether oxygens (including phenoxy) is 7. The zero-order valence-corrected chi connectivity index (χ0v) is 66.9. The second-order valence-electron chi connectivity index (χ2n) is 30.9. The van der Waals surface area contributed by atoms with Crippen molar-refractivity contribution in [3.63, 3.8) is 0 Å². The molecule has 12 rings (SSSR count). The second-order valence-corrected chi connectivity index (χ2v) is 30.9. The Morgan fingerprint density at radius 2 is 0.934 bits per heavy atom. The normalized spacial score (nSPS) is 18.7. The van der Waals surface area contributed by atoms with Crippen LogP contribution in [0.2, 0.25) is 0 Å². The van der Waals surface area contributed by atoms with E-state index in [9.17, 15) is 29.1 Å². The third kappa shape index (κ3) is 19.4. The summed E-state index contributed by atoms with van der Waals surface area (Å²) in [6.45, 7) is 36.0. The predicted molar refractivity (Wildman–Crippen MR) is 409 cm³/mol. The van der Waals surface area contributed by atoms with E-state index in [1.165, 1.54) is 16.7 Å². The van der Waals surface area contributed by atoms with Gasteiger partial charge in [0.25, 0.3) is 17.7 Å². The van der Waals surface area contributed by atoms with E-state index in [1.807, 2.05) is 183 Å². The van der Waals surface area contributed by atoms with Crippen LogP contribution in [0.1, 0.15) is 234 Å².